The minimum atomic E-state index is 0.393. The highest BCUT2D eigenvalue weighted by molar-refractivity contribution is 7.15. The molecule has 6 heterocycles. The van der Waals surface area contributed by atoms with Gasteiger partial charge in [-0.25, -0.2) is 44.9 Å². The summed E-state index contributed by atoms with van der Waals surface area (Å²) in [6, 6.07) is 23.1. The highest BCUT2D eigenvalue weighted by Gasteiger charge is 2.20. The molecule has 492 valence electrons. The monoisotopic (exact) mass is 1310 g/mol. The molecule has 0 bridgehead atoms. The van der Waals surface area contributed by atoms with Gasteiger partial charge in [0.15, 0.2) is 23.0 Å². The first-order valence-corrected chi connectivity index (χ1v) is 34.6. The molecule has 20 nitrogen and oxygen atoms in total. The minimum Gasteiger partial charge on any atom is -0.493 e. The van der Waals surface area contributed by atoms with Crippen LogP contribution in [0.4, 0.5) is 34.9 Å². The Morgan fingerprint density at radius 3 is 1.04 bits per heavy atom. The van der Waals surface area contributed by atoms with Crippen LogP contribution in [0.15, 0.2) is 72.8 Å². The summed E-state index contributed by atoms with van der Waals surface area (Å²) in [7, 11) is 1.66. The van der Waals surface area contributed by atoms with E-state index in [1.807, 2.05) is 43.3 Å². The molecule has 9 rings (SSSR count). The van der Waals surface area contributed by atoms with E-state index in [-0.39, 0.29) is 0 Å². The number of thiazole rings is 3. The van der Waals surface area contributed by atoms with Crippen molar-refractivity contribution >= 4 is 68.9 Å². The highest BCUT2D eigenvalue weighted by atomic mass is 32.1. The van der Waals surface area contributed by atoms with E-state index >= 15 is 0 Å². The van der Waals surface area contributed by atoms with E-state index in [4.69, 9.17) is 73.0 Å². The van der Waals surface area contributed by atoms with Gasteiger partial charge in [-0.3, -0.25) is 0 Å². The molecule has 0 atom stereocenters. The van der Waals surface area contributed by atoms with Gasteiger partial charge in [0.1, 0.15) is 73.2 Å². The third-order valence-corrected chi connectivity index (χ3v) is 17.9. The van der Waals surface area contributed by atoms with Crippen LogP contribution in [0.1, 0.15) is 155 Å². The summed E-state index contributed by atoms with van der Waals surface area (Å²) in [5.41, 5.74) is 42.4. The Morgan fingerprint density at radius 1 is 0.337 bits per heavy atom. The molecule has 0 radical (unpaired) electrons. The van der Waals surface area contributed by atoms with Crippen molar-refractivity contribution < 1.29 is 23.7 Å². The molecule has 0 spiro atoms. The van der Waals surface area contributed by atoms with Crippen LogP contribution in [0.2, 0.25) is 0 Å². The average Bonchev–Trinajstić information content (AvgIpc) is 1.69. The van der Waals surface area contributed by atoms with Crippen LogP contribution in [-0.4, -0.2) is 78.4 Å². The number of methoxy groups -OCH3 is 1. The summed E-state index contributed by atoms with van der Waals surface area (Å²) in [4.78, 5) is 44.5. The summed E-state index contributed by atoms with van der Waals surface area (Å²) >= 11 is 5.23. The number of anilines is 6. The van der Waals surface area contributed by atoms with Crippen molar-refractivity contribution in [1.82, 2.24) is 44.9 Å². The van der Waals surface area contributed by atoms with E-state index < -0.39 is 0 Å². The van der Waals surface area contributed by atoms with E-state index in [1.54, 1.807) is 59.3 Å². The summed E-state index contributed by atoms with van der Waals surface area (Å²) in [6.45, 7) is 19.7. The van der Waals surface area contributed by atoms with Crippen LogP contribution < -0.4 is 58.1 Å². The Hall–Kier alpha value is -8.41. The molecule has 0 aliphatic carbocycles. The Balaban J connectivity index is 0.000000196. The van der Waals surface area contributed by atoms with Crippen molar-refractivity contribution in [3.63, 3.8) is 0 Å². The lowest BCUT2D eigenvalue weighted by atomic mass is 10.1. The maximum Gasteiger partial charge on any atom is 0.161 e. The van der Waals surface area contributed by atoms with Crippen LogP contribution in [-0.2, 0) is 57.8 Å². The number of aromatic nitrogens is 9. The van der Waals surface area contributed by atoms with Crippen molar-refractivity contribution in [1.29, 1.82) is 0 Å². The van der Waals surface area contributed by atoms with Gasteiger partial charge < -0.3 is 58.1 Å². The summed E-state index contributed by atoms with van der Waals surface area (Å²) in [6.07, 6.45) is 15.6. The summed E-state index contributed by atoms with van der Waals surface area (Å²) < 4.78 is 29.1. The number of nitrogens with two attached hydrogens (primary N) is 6. The molecule has 0 saturated carbocycles. The van der Waals surface area contributed by atoms with Gasteiger partial charge in [0.05, 0.1) is 50.6 Å². The zero-order valence-electron chi connectivity index (χ0n) is 55.0. The lowest BCUT2D eigenvalue weighted by molar-refractivity contribution is 0.277. The fraction of sp³-hybridized carbons (Fsp3) is 0.435. The van der Waals surface area contributed by atoms with Gasteiger partial charge >= 0.3 is 0 Å². The number of unbranched alkanes of at least 4 members (excludes halogenated alkanes) is 2. The predicted octanol–water partition coefficient (Wildman–Crippen LogP) is 14.4. The minimum absolute atomic E-state index is 0.393. The Labute approximate surface area is 554 Å². The smallest absolute Gasteiger partial charge is 0.161 e. The fourth-order valence-corrected chi connectivity index (χ4v) is 13.3. The number of rotatable bonds is 32. The van der Waals surface area contributed by atoms with Crippen molar-refractivity contribution in [3.8, 4) is 60.5 Å². The molecule has 9 aromatic rings. The van der Waals surface area contributed by atoms with Crippen LogP contribution in [0, 0.1) is 6.92 Å². The maximum atomic E-state index is 5.99. The molecule has 12 N–H and O–H groups in total. The fourth-order valence-electron chi connectivity index (χ4n) is 9.72. The molecular formula is C69H93N15O5S3. The molecule has 6 aromatic heterocycles. The second-order valence-corrected chi connectivity index (χ2v) is 25.3. The molecule has 0 aliphatic rings. The number of hydrogen-bond donors (Lipinski definition) is 6. The van der Waals surface area contributed by atoms with Gasteiger partial charge in [0, 0.05) is 68.8 Å². The number of aryl methyl sites for hydroxylation is 10. The van der Waals surface area contributed by atoms with Crippen LogP contribution in [0.25, 0.3) is 31.7 Å². The van der Waals surface area contributed by atoms with Crippen LogP contribution >= 0.6 is 34.0 Å². The van der Waals surface area contributed by atoms with Gasteiger partial charge in [0.25, 0.3) is 0 Å². The number of benzene rings is 3. The summed E-state index contributed by atoms with van der Waals surface area (Å²) in [5, 5.41) is 2.99. The number of nitrogen functional groups attached to an aromatic ring is 6. The SMILES string of the molecule is CCCCOc1cc(-c2nc(CCc3nc(N)cc(N)n3)c(CCC)s2)ccc1C.CCCCOc1cc(-c2nc(CCc3nc(N)cc(N)n3)c(CCC)s2)ccc1OC.CCCOc1ccc(-c2nc(CCc3nc(N)cc(N)n3)c(CCC)s2)cc1OCC. The first kappa shape index (κ1) is 71.0. The predicted molar refractivity (Wildman–Crippen MR) is 378 cm³/mol. The second kappa shape index (κ2) is 36.6. The average molecular weight is 1310 g/mol. The van der Waals surface area contributed by atoms with E-state index in [2.05, 4.69) is 96.6 Å². The molecule has 0 unspecified atom stereocenters. The van der Waals surface area contributed by atoms with Crippen LogP contribution in [0.5, 0.6) is 28.7 Å². The quantitative estimate of drug-likeness (QED) is 0.0213. The van der Waals surface area contributed by atoms with E-state index in [9.17, 15) is 0 Å². The standard InChI is InChI=1S/2C23H31N5O2S.C23H31N5OS/c1-4-6-12-30-18-13-15(8-10-17(18)29-3)23-26-16(19(31-23)7-5-2)9-11-22-27-20(24)14-21(25)28-22;1-4-7-19-16(9-11-22-27-20(24)14-21(25)28-22)26-23(31-19)15-8-10-17(30-12-5-2)18(13-15)29-6-3;1-4-6-12-29-18-13-16(9-8-15(18)3)23-26-17(19(30-23)7-5-2)10-11-22-27-20(24)14-21(25)28-22/h2*8,10,13-14H,4-7,9,11-12H2,1-3H3,(H4,24,25,27,28);8-9,13-14H,4-7,10-12H2,1-3H3,(H4,24,25,27,28). The molecule has 0 amide bonds. The second-order valence-electron chi connectivity index (χ2n) is 22.0. The number of nitrogens with zero attached hydrogens (tertiary/aromatic N) is 9. The number of hydrogen-bond acceptors (Lipinski definition) is 23. The maximum absolute atomic E-state index is 5.99. The first-order valence-electron chi connectivity index (χ1n) is 32.1. The lowest BCUT2D eigenvalue weighted by Gasteiger charge is -2.12. The van der Waals surface area contributed by atoms with E-state index in [0.717, 1.165) is 180 Å². The Bertz CT molecular complexity index is 3700. The highest BCUT2D eigenvalue weighted by Crippen LogP contribution is 2.39. The molecule has 0 aliphatic heterocycles. The third-order valence-electron chi connectivity index (χ3n) is 14.3. The van der Waals surface area contributed by atoms with Gasteiger partial charge in [-0.05, 0) is 120 Å². The van der Waals surface area contributed by atoms with E-state index in [1.165, 1.54) is 14.6 Å². The number of ether oxygens (including phenoxy) is 5. The van der Waals surface area contributed by atoms with Gasteiger partial charge in [-0.15, -0.1) is 34.0 Å². The largest absolute Gasteiger partial charge is 0.493 e. The first-order chi connectivity index (χ1) is 44.6. The van der Waals surface area contributed by atoms with E-state index in [0.29, 0.717) is 91.5 Å². The molecular weight excluding hydrogens is 1220 g/mol. The third kappa shape index (κ3) is 21.3. The molecule has 3 aromatic carbocycles. The normalized spacial score (nSPS) is 11.0. The molecule has 0 saturated heterocycles. The zero-order valence-corrected chi connectivity index (χ0v) is 57.5. The van der Waals surface area contributed by atoms with Crippen molar-refractivity contribution in [2.45, 2.75) is 165 Å². The van der Waals surface area contributed by atoms with Crippen molar-refractivity contribution in [2.24, 2.45) is 0 Å². The molecule has 0 fully saturated rings. The topological polar surface area (TPSA) is 318 Å². The van der Waals surface area contributed by atoms with Gasteiger partial charge in [0.2, 0.25) is 0 Å². The Morgan fingerprint density at radius 2 is 0.685 bits per heavy atom. The molecule has 92 heavy (non-hydrogen) atoms. The van der Waals surface area contributed by atoms with Crippen molar-refractivity contribution in [2.75, 3.05) is 67.9 Å². The summed E-state index contributed by atoms with van der Waals surface area (Å²) in [5.74, 6) is 8.29. The van der Waals surface area contributed by atoms with Crippen LogP contribution in [0.3, 0.4) is 0 Å². The van der Waals surface area contributed by atoms with Gasteiger partial charge in [-0.1, -0.05) is 85.8 Å². The van der Waals surface area contributed by atoms with Gasteiger partial charge in [-0.2, -0.15) is 0 Å². The Kier molecular flexibility index (Phi) is 28.2. The molecule has 23 heteroatoms. The zero-order chi connectivity index (χ0) is 65.9. The van der Waals surface area contributed by atoms with Crippen molar-refractivity contribution in [3.05, 3.63) is 128 Å². The lowest BCUT2D eigenvalue weighted by Crippen LogP contribution is -2.05.